The lowest BCUT2D eigenvalue weighted by molar-refractivity contribution is 0.310. The van der Waals surface area contributed by atoms with E-state index >= 15 is 0 Å². The molecule has 0 bridgehead atoms. The molecule has 3 aliphatic rings. The van der Waals surface area contributed by atoms with Gasteiger partial charge in [-0.25, -0.2) is 0 Å². The van der Waals surface area contributed by atoms with Crippen LogP contribution in [-0.2, 0) is 0 Å². The predicted molar refractivity (Wildman–Crippen MR) is 58.0 cm³/mol. The minimum absolute atomic E-state index is 0.731. The quantitative estimate of drug-likeness (QED) is 0.590. The van der Waals surface area contributed by atoms with Gasteiger partial charge in [0.1, 0.15) is 0 Å². The summed E-state index contributed by atoms with van der Waals surface area (Å²) in [5.74, 6) is 3.21. The number of hydrogen-bond acceptors (Lipinski definition) is 2. The van der Waals surface area contributed by atoms with Crippen molar-refractivity contribution in [3.05, 3.63) is 24.3 Å². The van der Waals surface area contributed by atoms with Gasteiger partial charge in [-0.3, -0.25) is 0 Å². The van der Waals surface area contributed by atoms with E-state index in [-0.39, 0.29) is 0 Å². The first-order valence-corrected chi connectivity index (χ1v) is 5.71. The number of rotatable bonds is 0. The first-order chi connectivity index (χ1) is 6.95. The monoisotopic (exact) mass is 190 g/mol. The average molecular weight is 190 g/mol. The molecule has 0 radical (unpaired) electrons. The second kappa shape index (κ2) is 3.52. The van der Waals surface area contributed by atoms with E-state index in [1.165, 1.54) is 26.2 Å². The van der Waals surface area contributed by atoms with Gasteiger partial charge < -0.3 is 10.6 Å². The largest absolute Gasteiger partial charge is 0.316 e. The highest BCUT2D eigenvalue weighted by atomic mass is 15.0. The number of nitrogens with one attached hydrogen (secondary N) is 2. The van der Waals surface area contributed by atoms with Crippen LogP contribution in [0.2, 0.25) is 0 Å². The van der Waals surface area contributed by atoms with Crippen LogP contribution < -0.4 is 10.6 Å². The fourth-order valence-electron chi connectivity index (χ4n) is 3.20. The van der Waals surface area contributed by atoms with E-state index < -0.39 is 0 Å². The molecule has 2 aliphatic heterocycles. The molecule has 0 amide bonds. The van der Waals surface area contributed by atoms with E-state index in [0.717, 1.165) is 23.7 Å². The Labute approximate surface area is 85.5 Å². The smallest absolute Gasteiger partial charge is 0.00202 e. The van der Waals surface area contributed by atoms with Gasteiger partial charge in [-0.2, -0.15) is 0 Å². The molecule has 2 heteroatoms. The van der Waals surface area contributed by atoms with Crippen molar-refractivity contribution in [2.75, 3.05) is 26.2 Å². The van der Waals surface area contributed by atoms with Crippen LogP contribution >= 0.6 is 0 Å². The van der Waals surface area contributed by atoms with E-state index in [9.17, 15) is 0 Å². The fraction of sp³-hybridized carbons (Fsp3) is 0.667. The third-order valence-electron chi connectivity index (χ3n) is 3.97. The van der Waals surface area contributed by atoms with Crippen molar-refractivity contribution in [2.45, 2.75) is 0 Å². The van der Waals surface area contributed by atoms with Gasteiger partial charge in [-0.15, -0.1) is 0 Å². The normalized spacial score (nSPS) is 45.7. The van der Waals surface area contributed by atoms with Crippen molar-refractivity contribution in [3.8, 4) is 0 Å². The topological polar surface area (TPSA) is 24.1 Å². The molecular weight excluding hydrogens is 172 g/mol. The second-order valence-corrected chi connectivity index (χ2v) is 4.75. The summed E-state index contributed by atoms with van der Waals surface area (Å²) in [5, 5.41) is 7.12. The highest BCUT2D eigenvalue weighted by Crippen LogP contribution is 2.35. The lowest BCUT2D eigenvalue weighted by atomic mass is 9.76. The zero-order chi connectivity index (χ0) is 9.38. The van der Waals surface area contributed by atoms with E-state index in [2.05, 4.69) is 34.9 Å². The Kier molecular flexibility index (Phi) is 2.18. The van der Waals surface area contributed by atoms with Gasteiger partial charge in [0.05, 0.1) is 0 Å². The minimum atomic E-state index is 0.731. The fourth-order valence-corrected chi connectivity index (χ4v) is 3.20. The van der Waals surface area contributed by atoms with Gasteiger partial charge in [0.25, 0.3) is 0 Å². The van der Waals surface area contributed by atoms with Crippen LogP contribution in [0.15, 0.2) is 24.3 Å². The minimum Gasteiger partial charge on any atom is -0.316 e. The van der Waals surface area contributed by atoms with Crippen molar-refractivity contribution in [1.29, 1.82) is 0 Å². The van der Waals surface area contributed by atoms with Crippen LogP contribution in [0.5, 0.6) is 0 Å². The first-order valence-electron chi connectivity index (χ1n) is 5.71. The molecule has 4 unspecified atom stereocenters. The van der Waals surface area contributed by atoms with E-state index in [0.29, 0.717) is 0 Å². The van der Waals surface area contributed by atoms with E-state index in [4.69, 9.17) is 0 Å². The summed E-state index contributed by atoms with van der Waals surface area (Å²) >= 11 is 0. The maximum absolute atomic E-state index is 3.59. The Morgan fingerprint density at radius 3 is 2.57 bits per heavy atom. The molecule has 2 nitrogen and oxygen atoms in total. The molecule has 2 fully saturated rings. The van der Waals surface area contributed by atoms with Crippen LogP contribution in [0, 0.1) is 23.7 Å². The highest BCUT2D eigenvalue weighted by molar-refractivity contribution is 5.17. The molecule has 0 aromatic rings. The van der Waals surface area contributed by atoms with Crippen LogP contribution in [0.4, 0.5) is 0 Å². The van der Waals surface area contributed by atoms with Crippen molar-refractivity contribution in [2.24, 2.45) is 23.7 Å². The lowest BCUT2D eigenvalue weighted by Crippen LogP contribution is -2.27. The third-order valence-corrected chi connectivity index (χ3v) is 3.97. The van der Waals surface area contributed by atoms with Crippen LogP contribution in [-0.4, -0.2) is 26.2 Å². The Morgan fingerprint density at radius 2 is 1.64 bits per heavy atom. The predicted octanol–water partition coefficient (Wildman–Crippen LogP) is 0.784. The summed E-state index contributed by atoms with van der Waals surface area (Å²) in [6, 6.07) is 0. The molecular formula is C12H18N2. The molecule has 14 heavy (non-hydrogen) atoms. The molecule has 4 atom stereocenters. The highest BCUT2D eigenvalue weighted by Gasteiger charge is 2.37. The maximum atomic E-state index is 3.59. The molecule has 2 saturated heterocycles. The summed E-state index contributed by atoms with van der Waals surface area (Å²) in [6.45, 7) is 4.79. The van der Waals surface area contributed by atoms with Gasteiger partial charge in [0.15, 0.2) is 0 Å². The van der Waals surface area contributed by atoms with Crippen molar-refractivity contribution in [3.63, 3.8) is 0 Å². The molecule has 0 spiro atoms. The molecule has 3 rings (SSSR count). The summed E-state index contributed by atoms with van der Waals surface area (Å²) in [6.07, 6.45) is 9.22. The van der Waals surface area contributed by atoms with Gasteiger partial charge >= 0.3 is 0 Å². The van der Waals surface area contributed by atoms with Crippen molar-refractivity contribution in [1.82, 2.24) is 10.6 Å². The summed E-state index contributed by atoms with van der Waals surface area (Å²) < 4.78 is 0. The van der Waals surface area contributed by atoms with Gasteiger partial charge in [0, 0.05) is 6.54 Å². The Hall–Kier alpha value is -0.600. The zero-order valence-electron chi connectivity index (χ0n) is 8.45. The number of fused-ring (bicyclic) bond motifs is 3. The number of allylic oxidation sites excluding steroid dienone is 3. The van der Waals surface area contributed by atoms with Gasteiger partial charge in [-0.05, 0) is 43.3 Å². The molecule has 2 heterocycles. The second-order valence-electron chi connectivity index (χ2n) is 4.75. The molecule has 0 aromatic carbocycles. The zero-order valence-corrected chi connectivity index (χ0v) is 8.45. The van der Waals surface area contributed by atoms with Crippen LogP contribution in [0.3, 0.4) is 0 Å². The van der Waals surface area contributed by atoms with Gasteiger partial charge in [0.2, 0.25) is 0 Å². The van der Waals surface area contributed by atoms with Crippen molar-refractivity contribution >= 4 is 0 Å². The molecule has 2 N–H and O–H groups in total. The van der Waals surface area contributed by atoms with Crippen LogP contribution in [0.1, 0.15) is 0 Å². The van der Waals surface area contributed by atoms with E-state index in [1.807, 2.05) is 0 Å². The van der Waals surface area contributed by atoms with E-state index in [1.54, 1.807) is 0 Å². The average Bonchev–Trinajstić information content (AvgIpc) is 2.61. The molecule has 0 saturated carbocycles. The Morgan fingerprint density at radius 1 is 0.857 bits per heavy atom. The summed E-state index contributed by atoms with van der Waals surface area (Å²) in [4.78, 5) is 0. The summed E-state index contributed by atoms with van der Waals surface area (Å²) in [5.41, 5.74) is 0. The molecule has 76 valence electrons. The third kappa shape index (κ3) is 1.33. The lowest BCUT2D eigenvalue weighted by Gasteiger charge is -2.28. The van der Waals surface area contributed by atoms with Gasteiger partial charge in [-0.1, -0.05) is 24.3 Å². The molecule has 1 aliphatic carbocycles. The SMILES string of the molecule is C1=CC2CNCC3CNCC3C2C=C1. The standard InChI is InChI=1S/C12H18N2/c1-2-4-11-9(3-1)5-13-6-10-7-14-8-12(10)11/h1-4,9-14H,5-8H2. The maximum Gasteiger partial charge on any atom is 0.00202 e. The van der Waals surface area contributed by atoms with Crippen molar-refractivity contribution < 1.29 is 0 Å². The first kappa shape index (κ1) is 8.69. The molecule has 0 aromatic heterocycles. The summed E-state index contributed by atoms with van der Waals surface area (Å²) in [7, 11) is 0. The number of hydrogen-bond donors (Lipinski definition) is 2. The Bertz CT molecular complexity index is 269. The Balaban J connectivity index is 1.87. The van der Waals surface area contributed by atoms with Crippen LogP contribution in [0.25, 0.3) is 0 Å².